The Bertz CT molecular complexity index is 1030. The van der Waals surface area contributed by atoms with Crippen LogP contribution < -0.4 is 10.5 Å². The average Bonchev–Trinajstić information content (AvgIpc) is 3.31. The molecule has 3 N–H and O–H groups in total. The van der Waals surface area contributed by atoms with E-state index in [1.165, 1.54) is 0 Å². The maximum Gasteiger partial charge on any atom is 0.266 e. The number of hydrogen-bond donors (Lipinski definition) is 2. The molecule has 0 bridgehead atoms. The van der Waals surface area contributed by atoms with Crippen LogP contribution in [0.15, 0.2) is 22.6 Å². The van der Waals surface area contributed by atoms with Crippen molar-refractivity contribution >= 4 is 23.1 Å². The Morgan fingerprint density at radius 3 is 2.55 bits per heavy atom. The van der Waals surface area contributed by atoms with Gasteiger partial charge < -0.3 is 20.5 Å². The fourth-order valence-electron chi connectivity index (χ4n) is 4.36. The highest BCUT2D eigenvalue weighted by Gasteiger charge is 2.43. The molecule has 2 aliphatic heterocycles. The van der Waals surface area contributed by atoms with E-state index in [0.717, 1.165) is 32.9 Å². The van der Waals surface area contributed by atoms with Crippen LogP contribution in [0, 0.1) is 20.8 Å². The summed E-state index contributed by atoms with van der Waals surface area (Å²) in [6.45, 7) is 10.1. The molecule has 1 aromatic carbocycles. The SMILES string of the molecule is Cc1c(C)c2c(c(C)c1O)CCC(C)(C(=O)N1CCN(/N=C(\N)c3cccs3)CC1)O2. The van der Waals surface area contributed by atoms with Crippen molar-refractivity contribution in [3.63, 3.8) is 0 Å². The Balaban J connectivity index is 1.46. The molecule has 1 unspecified atom stereocenters. The third kappa shape index (κ3) is 3.84. The molecule has 7 nitrogen and oxygen atoms in total. The van der Waals surface area contributed by atoms with Gasteiger partial charge in [-0.2, -0.15) is 5.10 Å². The van der Waals surface area contributed by atoms with Crippen molar-refractivity contribution in [2.75, 3.05) is 26.2 Å². The van der Waals surface area contributed by atoms with Gasteiger partial charge in [0.1, 0.15) is 11.5 Å². The maximum atomic E-state index is 13.4. The van der Waals surface area contributed by atoms with Crippen molar-refractivity contribution in [2.24, 2.45) is 10.8 Å². The van der Waals surface area contributed by atoms with Gasteiger partial charge in [0.15, 0.2) is 11.4 Å². The molecule has 0 aliphatic carbocycles. The number of amides is 1. The number of benzene rings is 1. The van der Waals surface area contributed by atoms with E-state index in [1.807, 2.05) is 55.1 Å². The zero-order chi connectivity index (χ0) is 22.3. The minimum absolute atomic E-state index is 0.00999. The van der Waals surface area contributed by atoms with Crippen molar-refractivity contribution in [1.29, 1.82) is 0 Å². The predicted molar refractivity (Wildman–Crippen MR) is 123 cm³/mol. The minimum atomic E-state index is -0.908. The maximum absolute atomic E-state index is 13.4. The van der Waals surface area contributed by atoms with Gasteiger partial charge >= 0.3 is 0 Å². The van der Waals surface area contributed by atoms with Gasteiger partial charge in [0.05, 0.1) is 18.0 Å². The quantitative estimate of drug-likeness (QED) is 0.563. The summed E-state index contributed by atoms with van der Waals surface area (Å²) in [5.74, 6) is 1.60. The number of ether oxygens (including phenoxy) is 1. The first-order valence-electron chi connectivity index (χ1n) is 10.6. The van der Waals surface area contributed by atoms with Gasteiger partial charge in [0, 0.05) is 25.1 Å². The number of phenolic OH excluding ortho intramolecular Hbond substituents is 1. The van der Waals surface area contributed by atoms with E-state index in [-0.39, 0.29) is 5.91 Å². The van der Waals surface area contributed by atoms with Crippen LogP contribution in [0.25, 0.3) is 0 Å². The van der Waals surface area contributed by atoms with E-state index in [0.29, 0.717) is 50.6 Å². The van der Waals surface area contributed by atoms with E-state index in [9.17, 15) is 9.90 Å². The lowest BCUT2D eigenvalue weighted by atomic mass is 9.86. The lowest BCUT2D eigenvalue weighted by Crippen LogP contribution is -2.57. The molecule has 0 spiro atoms. The van der Waals surface area contributed by atoms with E-state index < -0.39 is 5.60 Å². The Morgan fingerprint density at radius 1 is 1.19 bits per heavy atom. The molecule has 1 saturated heterocycles. The summed E-state index contributed by atoms with van der Waals surface area (Å²) in [4.78, 5) is 16.2. The number of piperazine rings is 1. The van der Waals surface area contributed by atoms with Gasteiger partial charge in [0.2, 0.25) is 0 Å². The van der Waals surface area contributed by atoms with E-state index in [1.54, 1.807) is 11.3 Å². The molecule has 1 aromatic heterocycles. The monoisotopic (exact) mass is 442 g/mol. The Labute approximate surface area is 187 Å². The standard InChI is InChI=1S/C23H30N4O3S/c1-14-15(2)20-17(16(3)19(14)28)7-8-23(4,30-20)22(29)26-9-11-27(12-10-26)25-21(24)18-6-5-13-31-18/h5-6,13,28H,7-12H2,1-4H3,(H2,24,25). The number of nitrogens with zero attached hydrogens (tertiary/aromatic N) is 3. The van der Waals surface area contributed by atoms with Crippen molar-refractivity contribution in [1.82, 2.24) is 9.91 Å². The van der Waals surface area contributed by atoms with Gasteiger partial charge in [-0.1, -0.05) is 6.07 Å². The van der Waals surface area contributed by atoms with Crippen molar-refractivity contribution in [3.05, 3.63) is 44.6 Å². The molecule has 1 atom stereocenters. The van der Waals surface area contributed by atoms with E-state index in [2.05, 4.69) is 5.10 Å². The normalized spacial score (nSPS) is 21.6. The van der Waals surface area contributed by atoms with Crippen LogP contribution in [-0.2, 0) is 11.2 Å². The second kappa shape index (κ2) is 8.07. The van der Waals surface area contributed by atoms with Crippen LogP contribution >= 0.6 is 11.3 Å². The number of hydrogen-bond acceptors (Lipinski definition) is 6. The fourth-order valence-corrected chi connectivity index (χ4v) is 4.98. The van der Waals surface area contributed by atoms with Crippen molar-refractivity contribution < 1.29 is 14.6 Å². The smallest absolute Gasteiger partial charge is 0.266 e. The Hall–Kier alpha value is -2.74. The molecule has 1 amide bonds. The van der Waals surface area contributed by atoms with Crippen LogP contribution in [0.3, 0.4) is 0 Å². The number of nitrogens with two attached hydrogens (primary N) is 1. The zero-order valence-electron chi connectivity index (χ0n) is 18.6. The van der Waals surface area contributed by atoms with Crippen LogP contribution in [0.4, 0.5) is 0 Å². The first-order valence-corrected chi connectivity index (χ1v) is 11.5. The summed E-state index contributed by atoms with van der Waals surface area (Å²) >= 11 is 1.56. The van der Waals surface area contributed by atoms with Gasteiger partial charge in [-0.05, 0) is 62.3 Å². The number of carbonyl (C=O) groups is 1. The van der Waals surface area contributed by atoms with Crippen LogP contribution in [0.1, 0.15) is 40.5 Å². The van der Waals surface area contributed by atoms with Gasteiger partial charge in [-0.25, -0.2) is 0 Å². The lowest BCUT2D eigenvalue weighted by molar-refractivity contribution is -0.150. The van der Waals surface area contributed by atoms with Gasteiger partial charge in [-0.15, -0.1) is 11.3 Å². The number of amidine groups is 1. The van der Waals surface area contributed by atoms with Crippen LogP contribution in [0.2, 0.25) is 0 Å². The topological polar surface area (TPSA) is 91.4 Å². The molecular weight excluding hydrogens is 412 g/mol. The molecule has 2 aromatic rings. The summed E-state index contributed by atoms with van der Waals surface area (Å²) in [5.41, 5.74) is 8.76. The molecular formula is C23H30N4O3S. The molecule has 166 valence electrons. The lowest BCUT2D eigenvalue weighted by Gasteiger charge is -2.42. The molecule has 0 saturated carbocycles. The molecule has 0 radical (unpaired) electrons. The molecule has 1 fully saturated rings. The van der Waals surface area contributed by atoms with Gasteiger partial charge in [0.25, 0.3) is 5.91 Å². The van der Waals surface area contributed by atoms with Crippen molar-refractivity contribution in [2.45, 2.75) is 46.1 Å². The summed E-state index contributed by atoms with van der Waals surface area (Å²) in [5, 5.41) is 18.8. The average molecular weight is 443 g/mol. The van der Waals surface area contributed by atoms with Crippen LogP contribution in [0.5, 0.6) is 11.5 Å². The molecule has 31 heavy (non-hydrogen) atoms. The first kappa shape index (κ1) is 21.5. The van der Waals surface area contributed by atoms with Crippen molar-refractivity contribution in [3.8, 4) is 11.5 Å². The van der Waals surface area contributed by atoms with Gasteiger partial charge in [-0.3, -0.25) is 9.80 Å². The molecule has 4 rings (SSSR count). The largest absolute Gasteiger partial charge is 0.507 e. The number of thiophene rings is 1. The van der Waals surface area contributed by atoms with E-state index >= 15 is 0 Å². The summed E-state index contributed by atoms with van der Waals surface area (Å²) in [7, 11) is 0. The highest BCUT2D eigenvalue weighted by atomic mass is 32.1. The summed E-state index contributed by atoms with van der Waals surface area (Å²) in [6.07, 6.45) is 1.30. The number of aromatic hydroxyl groups is 1. The minimum Gasteiger partial charge on any atom is -0.507 e. The highest BCUT2D eigenvalue weighted by Crippen LogP contribution is 2.43. The number of phenols is 1. The summed E-state index contributed by atoms with van der Waals surface area (Å²) < 4.78 is 6.36. The second-order valence-corrected chi connectivity index (χ2v) is 9.52. The third-order valence-electron chi connectivity index (χ3n) is 6.54. The Kier molecular flexibility index (Phi) is 5.60. The number of carbonyl (C=O) groups excluding carboxylic acids is 1. The zero-order valence-corrected chi connectivity index (χ0v) is 19.4. The molecule has 2 aliphatic rings. The van der Waals surface area contributed by atoms with Crippen LogP contribution in [-0.4, -0.2) is 58.5 Å². The summed E-state index contributed by atoms with van der Waals surface area (Å²) in [6, 6.07) is 3.90. The number of hydrazone groups is 1. The second-order valence-electron chi connectivity index (χ2n) is 8.57. The molecule has 8 heteroatoms. The fraction of sp³-hybridized carbons (Fsp3) is 0.478. The number of fused-ring (bicyclic) bond motifs is 1. The Morgan fingerprint density at radius 2 is 1.90 bits per heavy atom. The highest BCUT2D eigenvalue weighted by molar-refractivity contribution is 7.12. The third-order valence-corrected chi connectivity index (χ3v) is 7.43. The first-order chi connectivity index (χ1) is 14.7. The predicted octanol–water partition coefficient (Wildman–Crippen LogP) is 2.93. The van der Waals surface area contributed by atoms with E-state index in [4.69, 9.17) is 10.5 Å². The number of rotatable bonds is 3. The molecule has 3 heterocycles.